The van der Waals surface area contributed by atoms with Gasteiger partial charge in [-0.25, -0.2) is 0 Å². The van der Waals surface area contributed by atoms with Crippen LogP contribution in [0.5, 0.6) is 0 Å². The first-order chi connectivity index (χ1) is 13.3. The lowest BCUT2D eigenvalue weighted by atomic mass is 9.97. The van der Waals surface area contributed by atoms with Crippen molar-refractivity contribution in [3.63, 3.8) is 0 Å². The Morgan fingerprint density at radius 1 is 1.04 bits per heavy atom. The Hall–Kier alpha value is -2.46. The maximum atomic E-state index is 12.9. The first-order valence-corrected chi connectivity index (χ1v) is 13.7. The smallest absolute Gasteiger partial charge is 0.224 e. The number of fused-ring (bicyclic) bond motifs is 1. The van der Waals surface area contributed by atoms with E-state index in [1.165, 1.54) is 11.1 Å². The van der Waals surface area contributed by atoms with Gasteiger partial charge in [-0.1, -0.05) is 73.7 Å². The number of pyridine rings is 1. The first-order valence-electron chi connectivity index (χ1n) is 9.99. The van der Waals surface area contributed by atoms with Crippen molar-refractivity contribution in [1.82, 2.24) is 4.98 Å². The zero-order valence-electron chi connectivity index (χ0n) is 17.3. The zero-order valence-corrected chi connectivity index (χ0v) is 18.3. The molecule has 0 aliphatic carbocycles. The lowest BCUT2D eigenvalue weighted by Crippen LogP contribution is -2.28. The van der Waals surface area contributed by atoms with Crippen LogP contribution >= 0.6 is 0 Å². The molecule has 0 saturated carbocycles. The average Bonchev–Trinajstić information content (AvgIpc) is 2.62. The predicted octanol–water partition coefficient (Wildman–Crippen LogP) is 6.07. The standard InChI is InChI=1S/C24H30N2OSi/c1-18-10-12-19(13-11-18)15-20(17-28(2,3)4)16-23(27)26-22-9-5-7-21-8-6-14-25-24(21)22/h5-14,20H,15-17H2,1-4H3,(H,26,27). The second-order valence-electron chi connectivity index (χ2n) is 8.95. The molecule has 3 aromatic rings. The molecule has 0 radical (unpaired) electrons. The first kappa shape index (κ1) is 20.3. The van der Waals surface area contributed by atoms with E-state index in [2.05, 4.69) is 61.1 Å². The van der Waals surface area contributed by atoms with Gasteiger partial charge in [0.05, 0.1) is 11.2 Å². The number of rotatable bonds is 7. The minimum atomic E-state index is -1.28. The highest BCUT2D eigenvalue weighted by Crippen LogP contribution is 2.26. The Labute approximate surface area is 169 Å². The normalized spacial score (nSPS) is 12.7. The molecule has 3 rings (SSSR count). The van der Waals surface area contributed by atoms with Crippen molar-refractivity contribution < 1.29 is 4.79 Å². The zero-order chi connectivity index (χ0) is 20.1. The number of aromatic nitrogens is 1. The number of aryl methyl sites for hydroxylation is 1. The third kappa shape index (κ3) is 5.77. The fourth-order valence-electron chi connectivity index (χ4n) is 3.81. The highest BCUT2D eigenvalue weighted by Gasteiger charge is 2.23. The van der Waals surface area contributed by atoms with Crippen LogP contribution in [0.25, 0.3) is 10.9 Å². The van der Waals surface area contributed by atoms with Crippen LogP contribution in [0.15, 0.2) is 60.8 Å². The molecule has 1 atom stereocenters. The van der Waals surface area contributed by atoms with Gasteiger partial charge < -0.3 is 5.32 Å². The van der Waals surface area contributed by atoms with Gasteiger partial charge in [-0.2, -0.15) is 0 Å². The molecule has 2 aromatic carbocycles. The van der Waals surface area contributed by atoms with Crippen LogP contribution in [-0.2, 0) is 11.2 Å². The number of anilines is 1. The molecule has 4 heteroatoms. The summed E-state index contributed by atoms with van der Waals surface area (Å²) in [7, 11) is -1.28. The Balaban J connectivity index is 1.73. The second-order valence-corrected chi connectivity index (χ2v) is 14.5. The second kappa shape index (κ2) is 8.70. The van der Waals surface area contributed by atoms with Gasteiger partial charge in [0.1, 0.15) is 0 Å². The van der Waals surface area contributed by atoms with E-state index in [1.807, 2.05) is 30.3 Å². The van der Waals surface area contributed by atoms with Gasteiger partial charge in [-0.3, -0.25) is 9.78 Å². The molecule has 0 bridgehead atoms. The summed E-state index contributed by atoms with van der Waals surface area (Å²) in [6.07, 6.45) is 3.26. The fourth-order valence-corrected chi connectivity index (χ4v) is 5.83. The molecule has 3 nitrogen and oxygen atoms in total. The summed E-state index contributed by atoms with van der Waals surface area (Å²) in [5.74, 6) is 0.436. The molecule has 1 heterocycles. The summed E-state index contributed by atoms with van der Waals surface area (Å²) in [5, 5.41) is 4.15. The fraction of sp³-hybridized carbons (Fsp3) is 0.333. The van der Waals surface area contributed by atoms with Crippen molar-refractivity contribution in [3.05, 3.63) is 71.9 Å². The Morgan fingerprint density at radius 2 is 1.75 bits per heavy atom. The summed E-state index contributed by atoms with van der Waals surface area (Å²) in [4.78, 5) is 17.3. The van der Waals surface area contributed by atoms with E-state index in [9.17, 15) is 4.79 Å². The van der Waals surface area contributed by atoms with Crippen molar-refractivity contribution in [2.75, 3.05) is 5.32 Å². The van der Waals surface area contributed by atoms with Crippen molar-refractivity contribution in [2.24, 2.45) is 5.92 Å². The molecular formula is C24H30N2OSi. The number of para-hydroxylation sites is 1. The van der Waals surface area contributed by atoms with Gasteiger partial charge in [0, 0.05) is 26.1 Å². The third-order valence-corrected chi connectivity index (χ3v) is 6.73. The Morgan fingerprint density at radius 3 is 2.46 bits per heavy atom. The monoisotopic (exact) mass is 390 g/mol. The molecule has 0 aliphatic heterocycles. The summed E-state index contributed by atoms with van der Waals surface area (Å²) in [6.45, 7) is 9.24. The van der Waals surface area contributed by atoms with Gasteiger partial charge >= 0.3 is 0 Å². The maximum absolute atomic E-state index is 12.9. The summed E-state index contributed by atoms with van der Waals surface area (Å²) in [5.41, 5.74) is 4.23. The van der Waals surface area contributed by atoms with Crippen molar-refractivity contribution in [2.45, 2.75) is 45.5 Å². The number of nitrogens with one attached hydrogen (secondary N) is 1. The lowest BCUT2D eigenvalue weighted by Gasteiger charge is -2.24. The molecular weight excluding hydrogens is 360 g/mol. The van der Waals surface area contributed by atoms with Crippen molar-refractivity contribution >= 4 is 30.6 Å². The molecule has 1 N–H and O–H groups in total. The number of carbonyl (C=O) groups excluding carboxylic acids is 1. The quantitative estimate of drug-likeness (QED) is 0.498. The van der Waals surface area contributed by atoms with Crippen LogP contribution < -0.4 is 5.32 Å². The van der Waals surface area contributed by atoms with E-state index in [0.717, 1.165) is 29.1 Å². The molecule has 1 amide bonds. The molecule has 0 spiro atoms. The molecule has 0 fully saturated rings. The number of hydrogen-bond donors (Lipinski definition) is 1. The molecule has 146 valence electrons. The van der Waals surface area contributed by atoms with Gasteiger partial charge in [-0.15, -0.1) is 0 Å². The van der Waals surface area contributed by atoms with E-state index in [1.54, 1.807) is 6.20 Å². The molecule has 1 aromatic heterocycles. The topological polar surface area (TPSA) is 42.0 Å². The van der Waals surface area contributed by atoms with Gasteiger partial charge in [0.25, 0.3) is 0 Å². The van der Waals surface area contributed by atoms with Crippen LogP contribution in [-0.4, -0.2) is 19.0 Å². The van der Waals surface area contributed by atoms with Crippen molar-refractivity contribution in [1.29, 1.82) is 0 Å². The van der Waals surface area contributed by atoms with Gasteiger partial charge in [0.15, 0.2) is 0 Å². The van der Waals surface area contributed by atoms with Crippen molar-refractivity contribution in [3.8, 4) is 0 Å². The lowest BCUT2D eigenvalue weighted by molar-refractivity contribution is -0.116. The van der Waals surface area contributed by atoms with E-state index in [-0.39, 0.29) is 5.91 Å². The highest BCUT2D eigenvalue weighted by atomic mass is 28.3. The van der Waals surface area contributed by atoms with E-state index < -0.39 is 8.07 Å². The molecule has 0 aliphatic rings. The minimum Gasteiger partial charge on any atom is -0.324 e. The van der Waals surface area contributed by atoms with Crippen LogP contribution in [0.2, 0.25) is 25.7 Å². The Bertz CT molecular complexity index is 939. The highest BCUT2D eigenvalue weighted by molar-refractivity contribution is 6.76. The van der Waals surface area contributed by atoms with E-state index >= 15 is 0 Å². The minimum absolute atomic E-state index is 0.0773. The SMILES string of the molecule is Cc1ccc(CC(CC(=O)Nc2cccc3cccnc23)C[Si](C)(C)C)cc1. The number of hydrogen-bond acceptors (Lipinski definition) is 2. The summed E-state index contributed by atoms with van der Waals surface area (Å²) < 4.78 is 0. The van der Waals surface area contributed by atoms with Gasteiger partial charge in [-0.05, 0) is 37.0 Å². The van der Waals surface area contributed by atoms with Gasteiger partial charge in [0.2, 0.25) is 5.91 Å². The molecule has 28 heavy (non-hydrogen) atoms. The predicted molar refractivity (Wildman–Crippen MR) is 122 cm³/mol. The molecule has 0 saturated heterocycles. The van der Waals surface area contributed by atoms with E-state index in [4.69, 9.17) is 0 Å². The number of amides is 1. The largest absolute Gasteiger partial charge is 0.324 e. The summed E-state index contributed by atoms with van der Waals surface area (Å²) in [6, 6.07) is 19.7. The number of benzene rings is 2. The van der Waals surface area contributed by atoms with Crippen LogP contribution in [0, 0.1) is 12.8 Å². The van der Waals surface area contributed by atoms with Crippen LogP contribution in [0.1, 0.15) is 17.5 Å². The number of nitrogens with zero attached hydrogens (tertiary/aromatic N) is 1. The summed E-state index contributed by atoms with van der Waals surface area (Å²) >= 11 is 0. The molecule has 1 unspecified atom stereocenters. The Kier molecular flexibility index (Phi) is 6.30. The maximum Gasteiger partial charge on any atom is 0.224 e. The van der Waals surface area contributed by atoms with Crippen LogP contribution in [0.4, 0.5) is 5.69 Å². The van der Waals surface area contributed by atoms with Crippen LogP contribution in [0.3, 0.4) is 0 Å². The van der Waals surface area contributed by atoms with E-state index in [0.29, 0.717) is 12.3 Å². The number of carbonyl (C=O) groups is 1. The third-order valence-electron chi connectivity index (χ3n) is 4.93. The average molecular weight is 391 g/mol.